The van der Waals surface area contributed by atoms with Gasteiger partial charge in [-0.15, -0.1) is 0 Å². The highest BCUT2D eigenvalue weighted by Gasteiger charge is 2.34. The van der Waals surface area contributed by atoms with Crippen LogP contribution in [-0.2, 0) is 9.84 Å². The number of nitro groups is 1. The predicted octanol–water partition coefficient (Wildman–Crippen LogP) is 4.88. The van der Waals surface area contributed by atoms with Crippen molar-refractivity contribution in [2.45, 2.75) is 24.2 Å². The standard InChI is InChI=1S/C25H25NO6S/c1-18-3-15-24(16-4-18)33(30,31)25(19(2)17-27)32-23-13-9-21(10-14-23)6-5-20-7-11-22(12-8-20)26(28)29/h3-16,19,25,27H,17H2,1-2H3. The summed E-state index contributed by atoms with van der Waals surface area (Å²) in [4.78, 5) is 10.4. The molecule has 7 nitrogen and oxygen atoms in total. The zero-order chi connectivity index (χ0) is 24.0. The molecule has 0 aliphatic rings. The molecular weight excluding hydrogens is 442 g/mol. The molecule has 33 heavy (non-hydrogen) atoms. The SMILES string of the molecule is Cc1ccc(S(=O)(=O)C(Oc2ccc(C=Cc3ccc([N+](=O)[O-])cc3)cc2)C(C)CO)cc1. The number of hydrogen-bond donors (Lipinski definition) is 1. The lowest BCUT2D eigenvalue weighted by atomic mass is 10.1. The molecule has 0 aliphatic carbocycles. The Morgan fingerprint density at radius 3 is 1.94 bits per heavy atom. The largest absolute Gasteiger partial charge is 0.474 e. The van der Waals surface area contributed by atoms with Gasteiger partial charge in [0.2, 0.25) is 15.3 Å². The Kier molecular flexibility index (Phi) is 7.63. The average molecular weight is 468 g/mol. The zero-order valence-corrected chi connectivity index (χ0v) is 19.1. The van der Waals surface area contributed by atoms with Crippen molar-refractivity contribution in [2.24, 2.45) is 5.92 Å². The number of hydrogen-bond acceptors (Lipinski definition) is 6. The Balaban J connectivity index is 1.76. The lowest BCUT2D eigenvalue weighted by Gasteiger charge is -2.24. The van der Waals surface area contributed by atoms with Gasteiger partial charge in [0, 0.05) is 18.1 Å². The third-order valence-electron chi connectivity index (χ3n) is 5.11. The smallest absolute Gasteiger partial charge is 0.269 e. The van der Waals surface area contributed by atoms with Gasteiger partial charge in [-0.1, -0.05) is 48.9 Å². The van der Waals surface area contributed by atoms with E-state index in [1.54, 1.807) is 55.5 Å². The number of nitrogens with zero attached hydrogens (tertiary/aromatic N) is 1. The van der Waals surface area contributed by atoms with Gasteiger partial charge in [-0.2, -0.15) is 0 Å². The summed E-state index contributed by atoms with van der Waals surface area (Å²) in [5.41, 5.74) is 1.38. The monoisotopic (exact) mass is 467 g/mol. The Bertz CT molecular complexity index is 1220. The first-order valence-corrected chi connectivity index (χ1v) is 11.9. The van der Waals surface area contributed by atoms with E-state index in [-0.39, 0.29) is 17.2 Å². The molecule has 2 unspecified atom stereocenters. The molecule has 3 aromatic rings. The number of non-ortho nitro benzene ring substituents is 1. The van der Waals surface area contributed by atoms with Crippen LogP contribution in [0.4, 0.5) is 5.69 Å². The van der Waals surface area contributed by atoms with E-state index in [4.69, 9.17) is 4.74 Å². The number of benzene rings is 3. The predicted molar refractivity (Wildman–Crippen MR) is 127 cm³/mol. The van der Waals surface area contributed by atoms with E-state index in [0.29, 0.717) is 5.75 Å². The third kappa shape index (κ3) is 6.06. The fourth-order valence-electron chi connectivity index (χ4n) is 3.12. The second-order valence-corrected chi connectivity index (χ2v) is 9.78. The lowest BCUT2D eigenvalue weighted by molar-refractivity contribution is -0.384. The summed E-state index contributed by atoms with van der Waals surface area (Å²) >= 11 is 0. The van der Waals surface area contributed by atoms with Crippen LogP contribution < -0.4 is 4.74 Å². The van der Waals surface area contributed by atoms with Crippen molar-refractivity contribution in [3.05, 3.63) is 99.6 Å². The molecule has 0 fully saturated rings. The van der Waals surface area contributed by atoms with Gasteiger partial charge in [-0.05, 0) is 54.4 Å². The molecule has 0 saturated heterocycles. The highest BCUT2D eigenvalue weighted by Crippen LogP contribution is 2.26. The van der Waals surface area contributed by atoms with E-state index in [0.717, 1.165) is 16.7 Å². The van der Waals surface area contributed by atoms with Gasteiger partial charge in [0.25, 0.3) is 5.69 Å². The molecule has 172 valence electrons. The van der Waals surface area contributed by atoms with Crippen LogP contribution in [0.3, 0.4) is 0 Å². The molecule has 0 heterocycles. The molecule has 0 aromatic heterocycles. The summed E-state index contributed by atoms with van der Waals surface area (Å²) in [6, 6.07) is 19.6. The molecule has 0 spiro atoms. The molecule has 0 bridgehead atoms. The van der Waals surface area contributed by atoms with E-state index in [9.17, 15) is 23.6 Å². The quantitative estimate of drug-likeness (QED) is 0.273. The average Bonchev–Trinajstić information content (AvgIpc) is 2.82. The molecular formula is C25H25NO6S. The summed E-state index contributed by atoms with van der Waals surface area (Å²) in [5.74, 6) is -0.276. The van der Waals surface area contributed by atoms with Crippen molar-refractivity contribution in [1.82, 2.24) is 0 Å². The van der Waals surface area contributed by atoms with Gasteiger partial charge in [0.1, 0.15) is 5.75 Å². The highest BCUT2D eigenvalue weighted by molar-refractivity contribution is 7.92. The molecule has 0 amide bonds. The molecule has 1 N–H and O–H groups in total. The number of nitro benzene ring substituents is 1. The van der Waals surface area contributed by atoms with Crippen LogP contribution in [0.1, 0.15) is 23.6 Å². The molecule has 2 atom stereocenters. The lowest BCUT2D eigenvalue weighted by Crippen LogP contribution is -2.35. The Hall–Kier alpha value is -3.49. The molecule has 3 rings (SSSR count). The molecule has 8 heteroatoms. The van der Waals surface area contributed by atoms with Crippen molar-refractivity contribution in [3.8, 4) is 5.75 Å². The minimum Gasteiger partial charge on any atom is -0.474 e. The van der Waals surface area contributed by atoms with E-state index >= 15 is 0 Å². The summed E-state index contributed by atoms with van der Waals surface area (Å²) in [6.07, 6.45) is 3.65. The number of ether oxygens (including phenoxy) is 1. The molecule has 0 radical (unpaired) electrons. The second-order valence-electron chi connectivity index (χ2n) is 7.76. The topological polar surface area (TPSA) is 107 Å². The van der Waals surface area contributed by atoms with Crippen molar-refractivity contribution < 1.29 is 23.2 Å². The van der Waals surface area contributed by atoms with Gasteiger partial charge >= 0.3 is 0 Å². The van der Waals surface area contributed by atoms with Crippen molar-refractivity contribution >= 4 is 27.7 Å². The fourth-order valence-corrected chi connectivity index (χ4v) is 4.84. The summed E-state index contributed by atoms with van der Waals surface area (Å²) in [5, 5.41) is 20.4. The Morgan fingerprint density at radius 1 is 0.939 bits per heavy atom. The minimum absolute atomic E-state index is 0.0286. The van der Waals surface area contributed by atoms with E-state index in [1.165, 1.54) is 24.3 Å². The van der Waals surface area contributed by atoms with Crippen LogP contribution >= 0.6 is 0 Å². The maximum atomic E-state index is 13.2. The maximum Gasteiger partial charge on any atom is 0.269 e. The van der Waals surface area contributed by atoms with Gasteiger partial charge < -0.3 is 9.84 Å². The number of aliphatic hydroxyl groups excluding tert-OH is 1. The highest BCUT2D eigenvalue weighted by atomic mass is 32.2. The first-order valence-electron chi connectivity index (χ1n) is 10.3. The maximum absolute atomic E-state index is 13.2. The van der Waals surface area contributed by atoms with Crippen LogP contribution in [0.2, 0.25) is 0 Å². The van der Waals surface area contributed by atoms with Crippen LogP contribution in [0, 0.1) is 23.0 Å². The van der Waals surface area contributed by atoms with Gasteiger partial charge in [-0.3, -0.25) is 10.1 Å². The Labute approximate surface area is 193 Å². The summed E-state index contributed by atoms with van der Waals surface area (Å²) in [7, 11) is -3.84. The van der Waals surface area contributed by atoms with Crippen LogP contribution in [0.5, 0.6) is 5.75 Å². The first-order chi connectivity index (χ1) is 15.7. The van der Waals surface area contributed by atoms with Gasteiger partial charge in [0.05, 0.1) is 16.4 Å². The molecule has 0 aliphatic heterocycles. The minimum atomic E-state index is -3.84. The van der Waals surface area contributed by atoms with Crippen LogP contribution in [0.15, 0.2) is 77.7 Å². The normalized spacial score (nSPS) is 13.5. The second kappa shape index (κ2) is 10.4. The number of aliphatic hydroxyl groups is 1. The molecule has 0 saturated carbocycles. The van der Waals surface area contributed by atoms with Crippen molar-refractivity contribution in [2.75, 3.05) is 6.61 Å². The van der Waals surface area contributed by atoms with Gasteiger partial charge in [-0.25, -0.2) is 8.42 Å². The Morgan fingerprint density at radius 2 is 1.45 bits per heavy atom. The van der Waals surface area contributed by atoms with Crippen molar-refractivity contribution in [1.29, 1.82) is 0 Å². The number of sulfone groups is 1. The third-order valence-corrected chi connectivity index (χ3v) is 7.21. The van der Waals surface area contributed by atoms with E-state index in [1.807, 2.05) is 19.1 Å². The van der Waals surface area contributed by atoms with E-state index in [2.05, 4.69) is 0 Å². The summed E-state index contributed by atoms with van der Waals surface area (Å²) in [6.45, 7) is 3.15. The number of rotatable bonds is 9. The van der Waals surface area contributed by atoms with Gasteiger partial charge in [0.15, 0.2) is 0 Å². The summed E-state index contributed by atoms with van der Waals surface area (Å²) < 4.78 is 32.1. The zero-order valence-electron chi connectivity index (χ0n) is 18.3. The van der Waals surface area contributed by atoms with Crippen LogP contribution in [0.25, 0.3) is 12.2 Å². The fraction of sp³-hybridized carbons (Fsp3) is 0.200. The molecule has 3 aromatic carbocycles. The van der Waals surface area contributed by atoms with Crippen LogP contribution in [-0.4, -0.2) is 30.5 Å². The van der Waals surface area contributed by atoms with Crippen molar-refractivity contribution in [3.63, 3.8) is 0 Å². The number of aryl methyl sites for hydroxylation is 1. The first kappa shape index (κ1) is 24.2. The van der Waals surface area contributed by atoms with E-state index < -0.39 is 26.1 Å².